The molecule has 4 nitrogen and oxygen atoms in total. The summed E-state index contributed by atoms with van der Waals surface area (Å²) in [6.07, 6.45) is 3.38. The van der Waals surface area contributed by atoms with E-state index in [1.165, 1.54) is 18.4 Å². The third-order valence-electron chi connectivity index (χ3n) is 4.77. The Balaban J connectivity index is 1.73. The fourth-order valence-corrected chi connectivity index (χ4v) is 3.45. The van der Waals surface area contributed by atoms with Gasteiger partial charge in [0, 0.05) is 25.7 Å². The lowest BCUT2D eigenvalue weighted by Gasteiger charge is -2.35. The summed E-state index contributed by atoms with van der Waals surface area (Å²) in [4.78, 5) is 2.47. The van der Waals surface area contributed by atoms with Gasteiger partial charge in [0.05, 0.1) is 5.60 Å². The summed E-state index contributed by atoms with van der Waals surface area (Å²) in [5.41, 5.74) is 1.12. The molecule has 1 atom stereocenters. The normalized spacial score (nSPS) is 19.0. The molecular formula is C19H32N2O2. The number of likely N-dealkylation sites (tertiary alicyclic amines) is 1. The Bertz CT molecular complexity index is 482. The minimum atomic E-state index is -0.0670. The van der Waals surface area contributed by atoms with Crippen molar-refractivity contribution < 1.29 is 9.84 Å². The second kappa shape index (κ2) is 8.13. The zero-order valence-corrected chi connectivity index (χ0v) is 15.0. The fraction of sp³-hybridized carbons (Fsp3) is 0.684. The van der Waals surface area contributed by atoms with Crippen LogP contribution in [0.2, 0.25) is 0 Å². The molecule has 0 aromatic heterocycles. The van der Waals surface area contributed by atoms with Gasteiger partial charge in [-0.15, -0.1) is 0 Å². The van der Waals surface area contributed by atoms with Gasteiger partial charge in [0.15, 0.2) is 0 Å². The van der Waals surface area contributed by atoms with Crippen LogP contribution in [0.3, 0.4) is 0 Å². The summed E-state index contributed by atoms with van der Waals surface area (Å²) in [7, 11) is 1.78. The Morgan fingerprint density at radius 3 is 2.65 bits per heavy atom. The molecule has 23 heavy (non-hydrogen) atoms. The Morgan fingerprint density at radius 1 is 1.35 bits per heavy atom. The number of nitrogens with one attached hydrogen (secondary N) is 1. The van der Waals surface area contributed by atoms with Crippen LogP contribution in [0.1, 0.15) is 45.6 Å². The Hall–Kier alpha value is -1.10. The van der Waals surface area contributed by atoms with E-state index in [0.717, 1.165) is 26.1 Å². The number of benzene rings is 1. The Kier molecular flexibility index (Phi) is 6.45. The van der Waals surface area contributed by atoms with Crippen molar-refractivity contribution >= 4 is 0 Å². The number of ether oxygens (including phenoxy) is 1. The van der Waals surface area contributed by atoms with Crippen LogP contribution >= 0.6 is 0 Å². The minimum absolute atomic E-state index is 0.0670. The number of phenols is 1. The van der Waals surface area contributed by atoms with Gasteiger partial charge in [-0.05, 0) is 70.8 Å². The molecular weight excluding hydrogens is 288 g/mol. The van der Waals surface area contributed by atoms with Crippen LogP contribution in [-0.2, 0) is 11.3 Å². The van der Waals surface area contributed by atoms with Crippen LogP contribution in [-0.4, -0.2) is 47.9 Å². The number of hydrogen-bond acceptors (Lipinski definition) is 4. The molecule has 0 saturated carbocycles. The van der Waals surface area contributed by atoms with E-state index in [0.29, 0.717) is 17.8 Å². The SMILES string of the molecule is COC(C)(C)CC(C)NC1CCN(Cc2cccc(O)c2)CC1. The maximum Gasteiger partial charge on any atom is 0.115 e. The van der Waals surface area contributed by atoms with Crippen molar-refractivity contribution in [3.05, 3.63) is 29.8 Å². The van der Waals surface area contributed by atoms with Crippen LogP contribution < -0.4 is 5.32 Å². The molecule has 0 aliphatic carbocycles. The van der Waals surface area contributed by atoms with Crippen molar-refractivity contribution in [1.29, 1.82) is 0 Å². The zero-order chi connectivity index (χ0) is 16.9. The lowest BCUT2D eigenvalue weighted by molar-refractivity contribution is 0.00686. The molecule has 1 aromatic rings. The number of nitrogens with zero attached hydrogens (tertiary/aromatic N) is 1. The van der Waals surface area contributed by atoms with Crippen molar-refractivity contribution in [3.8, 4) is 5.75 Å². The van der Waals surface area contributed by atoms with Gasteiger partial charge in [-0.3, -0.25) is 4.90 Å². The lowest BCUT2D eigenvalue weighted by Crippen LogP contribution is -2.47. The highest BCUT2D eigenvalue weighted by Gasteiger charge is 2.24. The molecule has 4 heteroatoms. The van der Waals surface area contributed by atoms with Crippen molar-refractivity contribution in [1.82, 2.24) is 10.2 Å². The highest BCUT2D eigenvalue weighted by molar-refractivity contribution is 5.27. The molecule has 0 radical (unpaired) electrons. The third-order valence-corrected chi connectivity index (χ3v) is 4.77. The fourth-order valence-electron chi connectivity index (χ4n) is 3.45. The van der Waals surface area contributed by atoms with E-state index < -0.39 is 0 Å². The second-order valence-corrected chi connectivity index (χ2v) is 7.46. The standard InChI is InChI=1S/C19H32N2O2/c1-15(13-19(2,3)23-4)20-17-8-10-21(11-9-17)14-16-6-5-7-18(22)12-16/h5-7,12,15,17,20,22H,8-11,13-14H2,1-4H3. The van der Waals surface area contributed by atoms with E-state index in [-0.39, 0.29) is 5.60 Å². The largest absolute Gasteiger partial charge is 0.508 e. The van der Waals surface area contributed by atoms with Crippen molar-refractivity contribution in [2.24, 2.45) is 0 Å². The first-order chi connectivity index (χ1) is 10.9. The predicted molar refractivity (Wildman–Crippen MR) is 94.7 cm³/mol. The maximum absolute atomic E-state index is 9.56. The first kappa shape index (κ1) is 18.2. The van der Waals surface area contributed by atoms with Crippen LogP contribution in [0.25, 0.3) is 0 Å². The van der Waals surface area contributed by atoms with E-state index in [1.54, 1.807) is 13.2 Å². The molecule has 1 fully saturated rings. The number of piperidine rings is 1. The van der Waals surface area contributed by atoms with Gasteiger partial charge < -0.3 is 15.2 Å². The van der Waals surface area contributed by atoms with Crippen LogP contribution in [0.4, 0.5) is 0 Å². The topological polar surface area (TPSA) is 44.7 Å². The summed E-state index contributed by atoms with van der Waals surface area (Å²) in [6.45, 7) is 9.67. The Morgan fingerprint density at radius 2 is 2.04 bits per heavy atom. The molecule has 2 rings (SSSR count). The van der Waals surface area contributed by atoms with Gasteiger partial charge in [0.2, 0.25) is 0 Å². The molecule has 1 aliphatic heterocycles. The summed E-state index contributed by atoms with van der Waals surface area (Å²) in [5, 5.41) is 13.3. The summed E-state index contributed by atoms with van der Waals surface area (Å²) < 4.78 is 5.52. The molecule has 1 aliphatic rings. The van der Waals surface area contributed by atoms with Crippen molar-refractivity contribution in [2.75, 3.05) is 20.2 Å². The highest BCUT2D eigenvalue weighted by Crippen LogP contribution is 2.19. The van der Waals surface area contributed by atoms with Gasteiger partial charge >= 0.3 is 0 Å². The predicted octanol–water partition coefficient (Wildman–Crippen LogP) is 3.15. The minimum Gasteiger partial charge on any atom is -0.508 e. The molecule has 1 unspecified atom stereocenters. The van der Waals surface area contributed by atoms with Gasteiger partial charge in [-0.25, -0.2) is 0 Å². The zero-order valence-electron chi connectivity index (χ0n) is 15.0. The molecule has 0 spiro atoms. The van der Waals surface area contributed by atoms with Gasteiger partial charge in [0.25, 0.3) is 0 Å². The van der Waals surface area contributed by atoms with Crippen LogP contribution in [0, 0.1) is 0 Å². The molecule has 130 valence electrons. The van der Waals surface area contributed by atoms with Crippen LogP contribution in [0.15, 0.2) is 24.3 Å². The molecule has 2 N–H and O–H groups in total. The number of phenolic OH excluding ortho intramolecular Hbond substituents is 1. The summed E-state index contributed by atoms with van der Waals surface area (Å²) in [5.74, 6) is 0.355. The highest BCUT2D eigenvalue weighted by atomic mass is 16.5. The number of hydrogen-bond donors (Lipinski definition) is 2. The van der Waals surface area contributed by atoms with E-state index in [2.05, 4.69) is 37.1 Å². The molecule has 0 amide bonds. The molecule has 1 saturated heterocycles. The second-order valence-electron chi connectivity index (χ2n) is 7.46. The first-order valence-electron chi connectivity index (χ1n) is 8.69. The smallest absolute Gasteiger partial charge is 0.115 e. The number of methoxy groups -OCH3 is 1. The van der Waals surface area contributed by atoms with Gasteiger partial charge in [0.1, 0.15) is 5.75 Å². The van der Waals surface area contributed by atoms with Gasteiger partial charge in [-0.1, -0.05) is 12.1 Å². The third kappa shape index (κ3) is 6.13. The summed E-state index contributed by atoms with van der Waals surface area (Å²) in [6, 6.07) is 8.64. The molecule has 1 heterocycles. The van der Waals surface area contributed by atoms with Crippen molar-refractivity contribution in [3.63, 3.8) is 0 Å². The van der Waals surface area contributed by atoms with E-state index in [4.69, 9.17) is 4.74 Å². The average molecular weight is 320 g/mol. The number of aromatic hydroxyl groups is 1. The van der Waals surface area contributed by atoms with E-state index in [1.807, 2.05) is 12.1 Å². The monoisotopic (exact) mass is 320 g/mol. The first-order valence-corrected chi connectivity index (χ1v) is 8.69. The summed E-state index contributed by atoms with van der Waals surface area (Å²) >= 11 is 0. The maximum atomic E-state index is 9.56. The lowest BCUT2D eigenvalue weighted by atomic mass is 9.97. The molecule has 1 aromatic carbocycles. The quantitative estimate of drug-likeness (QED) is 0.810. The van der Waals surface area contributed by atoms with E-state index in [9.17, 15) is 5.11 Å². The van der Waals surface area contributed by atoms with Gasteiger partial charge in [-0.2, -0.15) is 0 Å². The average Bonchev–Trinajstić information content (AvgIpc) is 2.49. The van der Waals surface area contributed by atoms with E-state index >= 15 is 0 Å². The Labute approximate surface area is 140 Å². The van der Waals surface area contributed by atoms with Crippen molar-refractivity contribution in [2.45, 2.75) is 64.3 Å². The molecule has 0 bridgehead atoms. The van der Waals surface area contributed by atoms with Crippen LogP contribution in [0.5, 0.6) is 5.75 Å². The number of rotatable bonds is 7.